The van der Waals surface area contributed by atoms with Crippen LogP contribution in [0.3, 0.4) is 0 Å². The van der Waals surface area contributed by atoms with Crippen molar-refractivity contribution >= 4 is 22.8 Å². The van der Waals surface area contributed by atoms with Crippen molar-refractivity contribution in [3.8, 4) is 0 Å². The molecular weight excluding hydrogens is 392 g/mol. The highest BCUT2D eigenvalue weighted by Crippen LogP contribution is 2.29. The quantitative estimate of drug-likeness (QED) is 0.435. The number of hydrogen-bond acceptors (Lipinski definition) is 8. The van der Waals surface area contributed by atoms with Crippen molar-refractivity contribution in [1.82, 2.24) is 24.4 Å². The number of likely N-dealkylation sites (N-methyl/N-ethyl adjacent to an activating group) is 1. The molecule has 11 nitrogen and oxygen atoms in total. The van der Waals surface area contributed by atoms with Crippen molar-refractivity contribution in [1.29, 1.82) is 0 Å². The third-order valence-electron chi connectivity index (χ3n) is 5.06. The Kier molecular flexibility index (Phi) is 5.02. The number of aliphatic hydroxyl groups is 2. The number of nitrogens with two attached hydrogens (primary N) is 1. The van der Waals surface area contributed by atoms with Crippen molar-refractivity contribution in [2.24, 2.45) is 0 Å². The van der Waals surface area contributed by atoms with Crippen molar-refractivity contribution < 1.29 is 19.7 Å². The van der Waals surface area contributed by atoms with Gasteiger partial charge in [-0.3, -0.25) is 9.36 Å². The summed E-state index contributed by atoms with van der Waals surface area (Å²) in [5.41, 5.74) is 7.42. The average Bonchev–Trinajstić information content (AvgIpc) is 3.22. The molecule has 0 spiro atoms. The van der Waals surface area contributed by atoms with Crippen LogP contribution in [0.2, 0.25) is 0 Å². The number of rotatable bonds is 4. The van der Waals surface area contributed by atoms with Crippen LogP contribution >= 0.6 is 0 Å². The van der Waals surface area contributed by atoms with Crippen LogP contribution in [0.15, 0.2) is 35.3 Å². The van der Waals surface area contributed by atoms with Gasteiger partial charge in [-0.2, -0.15) is 4.98 Å². The summed E-state index contributed by atoms with van der Waals surface area (Å²) in [6.07, 6.45) is -4.35. The molecule has 30 heavy (non-hydrogen) atoms. The molecule has 3 heterocycles. The smallest absolute Gasteiger partial charge is 0.351 e. The maximum absolute atomic E-state index is 12.9. The number of aliphatic hydroxyl groups excluding tert-OH is 2. The van der Waals surface area contributed by atoms with Crippen LogP contribution in [-0.2, 0) is 16.1 Å². The van der Waals surface area contributed by atoms with Crippen molar-refractivity contribution in [3.63, 3.8) is 0 Å². The van der Waals surface area contributed by atoms with E-state index in [0.717, 1.165) is 21.2 Å². The lowest BCUT2D eigenvalue weighted by Crippen LogP contribution is -2.43. The maximum atomic E-state index is 12.9. The number of nitrogens with one attached hydrogen (secondary N) is 1. The first-order valence-electron chi connectivity index (χ1n) is 9.31. The summed E-state index contributed by atoms with van der Waals surface area (Å²) in [7, 11) is 1.54. The highest BCUT2D eigenvalue weighted by atomic mass is 16.6. The van der Waals surface area contributed by atoms with Gasteiger partial charge >= 0.3 is 5.69 Å². The first kappa shape index (κ1) is 20.0. The number of nitrogen functional groups attached to an aromatic ring is 1. The van der Waals surface area contributed by atoms with Gasteiger partial charge in [-0.15, -0.1) is 0 Å². The Labute approximate surface area is 170 Å². The Morgan fingerprint density at radius 2 is 2.07 bits per heavy atom. The van der Waals surface area contributed by atoms with Crippen LogP contribution in [-0.4, -0.2) is 65.9 Å². The molecule has 0 radical (unpaired) electrons. The Hall–Kier alpha value is -3.28. The molecule has 1 amide bonds. The first-order chi connectivity index (χ1) is 14.2. The molecule has 1 aliphatic rings. The normalized spacial score (nSPS) is 23.7. The highest BCUT2D eigenvalue weighted by molar-refractivity contribution is 5.82. The van der Waals surface area contributed by atoms with Gasteiger partial charge in [0.2, 0.25) is 0 Å². The van der Waals surface area contributed by atoms with E-state index in [0.29, 0.717) is 5.82 Å². The van der Waals surface area contributed by atoms with E-state index in [4.69, 9.17) is 10.5 Å². The Bertz CT molecular complexity index is 1160. The predicted molar refractivity (Wildman–Crippen MR) is 106 cm³/mol. The number of aromatic amines is 1. The molecule has 2 aromatic heterocycles. The van der Waals surface area contributed by atoms with Gasteiger partial charge in [0.05, 0.1) is 17.6 Å². The van der Waals surface area contributed by atoms with Crippen LogP contribution in [0.25, 0.3) is 11.0 Å². The molecule has 5 N–H and O–H groups in total. The molecular formula is C19H22N6O5. The van der Waals surface area contributed by atoms with Gasteiger partial charge in [-0.05, 0) is 30.7 Å². The molecule has 1 aromatic carbocycles. The number of imidazole rings is 1. The van der Waals surface area contributed by atoms with Gasteiger partial charge in [-0.1, -0.05) is 6.07 Å². The second-order valence-electron chi connectivity index (χ2n) is 7.37. The van der Waals surface area contributed by atoms with Gasteiger partial charge < -0.3 is 30.6 Å². The molecule has 0 aliphatic carbocycles. The zero-order valence-corrected chi connectivity index (χ0v) is 16.4. The molecule has 158 valence electrons. The summed E-state index contributed by atoms with van der Waals surface area (Å²) in [5.74, 6) is 0.0183. The number of carbonyl (C=O) groups excluding carboxylic acids is 1. The Balaban J connectivity index is 1.51. The fraction of sp³-hybridized carbons (Fsp3) is 0.368. The van der Waals surface area contributed by atoms with Crippen LogP contribution < -0.4 is 11.4 Å². The summed E-state index contributed by atoms with van der Waals surface area (Å²) in [6, 6.07) is 7.14. The zero-order valence-electron chi connectivity index (χ0n) is 16.4. The highest BCUT2D eigenvalue weighted by Gasteiger charge is 2.48. The van der Waals surface area contributed by atoms with Crippen molar-refractivity contribution in [3.05, 3.63) is 52.3 Å². The number of aromatic nitrogens is 4. The van der Waals surface area contributed by atoms with E-state index in [1.54, 1.807) is 0 Å². The van der Waals surface area contributed by atoms with E-state index in [1.807, 2.05) is 25.1 Å². The van der Waals surface area contributed by atoms with Gasteiger partial charge in [0, 0.05) is 13.2 Å². The van der Waals surface area contributed by atoms with Gasteiger partial charge in [0.25, 0.3) is 5.91 Å². The maximum Gasteiger partial charge on any atom is 0.351 e. The number of carbonyl (C=O) groups is 1. The Morgan fingerprint density at radius 1 is 1.30 bits per heavy atom. The molecule has 1 saturated heterocycles. The number of ether oxygens (including phenoxy) is 1. The van der Waals surface area contributed by atoms with Crippen molar-refractivity contribution in [2.75, 3.05) is 12.8 Å². The number of anilines is 1. The van der Waals surface area contributed by atoms with Crippen LogP contribution in [0.5, 0.6) is 0 Å². The van der Waals surface area contributed by atoms with E-state index in [2.05, 4.69) is 15.0 Å². The monoisotopic (exact) mass is 414 g/mol. The molecule has 0 saturated carbocycles. The first-order valence-corrected chi connectivity index (χ1v) is 9.31. The van der Waals surface area contributed by atoms with Crippen LogP contribution in [0, 0.1) is 6.92 Å². The predicted octanol–water partition coefficient (Wildman–Crippen LogP) is -0.712. The molecule has 3 aromatic rings. The minimum atomic E-state index is -1.52. The van der Waals surface area contributed by atoms with E-state index < -0.39 is 36.1 Å². The number of fused-ring (bicyclic) bond motifs is 1. The minimum absolute atomic E-state index is 0.0117. The summed E-state index contributed by atoms with van der Waals surface area (Å²) in [6.45, 7) is 2.11. The average molecular weight is 414 g/mol. The second kappa shape index (κ2) is 7.52. The summed E-state index contributed by atoms with van der Waals surface area (Å²) < 4.78 is 6.53. The minimum Gasteiger partial charge on any atom is -0.387 e. The largest absolute Gasteiger partial charge is 0.387 e. The third-order valence-corrected chi connectivity index (χ3v) is 5.06. The molecule has 1 fully saturated rings. The summed E-state index contributed by atoms with van der Waals surface area (Å²) in [4.78, 5) is 37.4. The Morgan fingerprint density at radius 3 is 2.80 bits per heavy atom. The number of aryl methyl sites for hydroxylation is 1. The molecule has 4 atom stereocenters. The van der Waals surface area contributed by atoms with Crippen LogP contribution in [0.1, 0.15) is 17.6 Å². The standard InChI is InChI=1S/C19H22N6O5/c1-9-3-4-10-11(7-9)22-13(21-10)8-24(2)17(28)16-14(26)15(27)18(30-16)25-6-5-12(20)23-19(25)29/h3-7,14-16,18,26-27H,8H2,1-2H3,(H,21,22)(H2,20,23,29)/t14-,15+,16-,18+/m0/s1. The lowest BCUT2D eigenvalue weighted by atomic mass is 10.1. The molecule has 1 aliphatic heterocycles. The van der Waals surface area contributed by atoms with E-state index >= 15 is 0 Å². The van der Waals surface area contributed by atoms with Crippen LogP contribution in [0.4, 0.5) is 5.82 Å². The lowest BCUT2D eigenvalue weighted by Gasteiger charge is -2.21. The van der Waals surface area contributed by atoms with Gasteiger partial charge in [-0.25, -0.2) is 9.78 Å². The molecule has 11 heteroatoms. The van der Waals surface area contributed by atoms with Crippen molar-refractivity contribution in [2.45, 2.75) is 38.0 Å². The lowest BCUT2D eigenvalue weighted by molar-refractivity contribution is -0.148. The third kappa shape index (κ3) is 3.54. The number of amides is 1. The fourth-order valence-corrected chi connectivity index (χ4v) is 3.48. The van der Waals surface area contributed by atoms with Gasteiger partial charge in [0.1, 0.15) is 23.9 Å². The van der Waals surface area contributed by atoms with E-state index in [9.17, 15) is 19.8 Å². The molecule has 4 rings (SSSR count). The molecule has 0 unspecified atom stereocenters. The van der Waals surface area contributed by atoms with E-state index in [-0.39, 0.29) is 12.4 Å². The second-order valence-corrected chi connectivity index (χ2v) is 7.37. The number of hydrogen-bond donors (Lipinski definition) is 4. The number of H-pyrrole nitrogens is 1. The van der Waals surface area contributed by atoms with E-state index in [1.165, 1.54) is 24.2 Å². The molecule has 0 bridgehead atoms. The SMILES string of the molecule is Cc1ccc2nc(CN(C)C(=O)[C@H]3O[C@@H](n4ccc(N)nc4=O)[C@H](O)[C@@H]3O)[nH]c2c1. The summed E-state index contributed by atoms with van der Waals surface area (Å²) in [5, 5.41) is 20.7. The topological polar surface area (TPSA) is 160 Å². The van der Waals surface area contributed by atoms with Gasteiger partial charge in [0.15, 0.2) is 12.3 Å². The zero-order chi connectivity index (χ0) is 21.6. The number of nitrogens with zero attached hydrogens (tertiary/aromatic N) is 4. The number of benzene rings is 1. The summed E-state index contributed by atoms with van der Waals surface area (Å²) >= 11 is 0. The fourth-order valence-electron chi connectivity index (χ4n) is 3.48.